The third kappa shape index (κ3) is 2.13. The molecule has 3 heteroatoms. The normalized spacial score (nSPS) is 18.4. The molecule has 0 amide bonds. The van der Waals surface area contributed by atoms with Crippen molar-refractivity contribution in [2.75, 3.05) is 0 Å². The van der Waals surface area contributed by atoms with Gasteiger partial charge in [0.2, 0.25) is 0 Å². The molecule has 90 valence electrons. The van der Waals surface area contributed by atoms with E-state index in [1.165, 1.54) is 44.2 Å². The molecule has 2 nitrogen and oxygen atoms in total. The second-order valence-electron chi connectivity index (χ2n) is 4.91. The molecule has 0 unspecified atom stereocenters. The largest absolute Gasteiger partial charge is 0.294 e. The van der Waals surface area contributed by atoms with Crippen molar-refractivity contribution >= 4 is 21.6 Å². The lowest BCUT2D eigenvalue weighted by molar-refractivity contribution is 0.578. The monoisotopic (exact) mass is 292 g/mol. The summed E-state index contributed by atoms with van der Waals surface area (Å²) >= 11 is 3.71. The zero-order chi connectivity index (χ0) is 11.7. The molecular formula is C14H17BrN2. The Morgan fingerprint density at radius 2 is 1.88 bits per heavy atom. The number of imidazole rings is 1. The quantitative estimate of drug-likeness (QED) is 0.706. The van der Waals surface area contributed by atoms with Crippen molar-refractivity contribution in [1.82, 2.24) is 9.38 Å². The fourth-order valence-corrected chi connectivity index (χ4v) is 3.51. The Labute approximate surface area is 110 Å². The predicted molar refractivity (Wildman–Crippen MR) is 73.3 cm³/mol. The van der Waals surface area contributed by atoms with Crippen molar-refractivity contribution in [3.63, 3.8) is 0 Å². The van der Waals surface area contributed by atoms with Gasteiger partial charge in [-0.15, -0.1) is 0 Å². The zero-order valence-electron chi connectivity index (χ0n) is 9.90. The molecule has 1 saturated carbocycles. The van der Waals surface area contributed by atoms with Gasteiger partial charge in [-0.25, -0.2) is 4.98 Å². The van der Waals surface area contributed by atoms with Crippen LogP contribution in [0.3, 0.4) is 0 Å². The molecule has 2 aromatic rings. The van der Waals surface area contributed by atoms with Crippen LogP contribution in [0, 0.1) is 0 Å². The third-order valence-corrected chi connectivity index (χ3v) is 4.53. The molecule has 1 aliphatic rings. The van der Waals surface area contributed by atoms with E-state index in [4.69, 9.17) is 4.98 Å². The summed E-state index contributed by atoms with van der Waals surface area (Å²) in [5, 5.41) is 0. The first kappa shape index (κ1) is 11.3. The molecule has 0 N–H and O–H groups in total. The second kappa shape index (κ2) is 4.81. The zero-order valence-corrected chi connectivity index (χ0v) is 11.5. The fourth-order valence-electron chi connectivity index (χ4n) is 2.80. The molecule has 17 heavy (non-hydrogen) atoms. The van der Waals surface area contributed by atoms with Crippen LogP contribution >= 0.6 is 15.9 Å². The van der Waals surface area contributed by atoms with E-state index in [2.05, 4.69) is 38.7 Å². The Morgan fingerprint density at radius 1 is 1.12 bits per heavy atom. The number of rotatable bonds is 1. The number of halogens is 1. The highest BCUT2D eigenvalue weighted by Crippen LogP contribution is 2.35. The van der Waals surface area contributed by atoms with E-state index < -0.39 is 0 Å². The van der Waals surface area contributed by atoms with E-state index in [0.717, 1.165) is 10.3 Å². The number of hydrogen-bond acceptors (Lipinski definition) is 1. The molecule has 0 atom stereocenters. The fraction of sp³-hybridized carbons (Fsp3) is 0.500. The maximum atomic E-state index is 4.79. The number of pyridine rings is 1. The van der Waals surface area contributed by atoms with E-state index in [0.29, 0.717) is 5.92 Å². The first-order valence-electron chi connectivity index (χ1n) is 6.49. The van der Waals surface area contributed by atoms with Gasteiger partial charge in [-0.05, 0) is 40.9 Å². The van der Waals surface area contributed by atoms with Crippen LogP contribution in [0.2, 0.25) is 0 Å². The number of fused-ring (bicyclic) bond motifs is 1. The Hall–Kier alpha value is -0.830. The third-order valence-electron chi connectivity index (χ3n) is 3.74. The maximum Gasteiger partial charge on any atom is 0.137 e. The molecular weight excluding hydrogens is 276 g/mol. The summed E-state index contributed by atoms with van der Waals surface area (Å²) in [5.74, 6) is 0.645. The van der Waals surface area contributed by atoms with Crippen LogP contribution in [0.1, 0.15) is 50.1 Å². The summed E-state index contributed by atoms with van der Waals surface area (Å²) in [7, 11) is 0. The Morgan fingerprint density at radius 3 is 2.59 bits per heavy atom. The van der Waals surface area contributed by atoms with Crippen LogP contribution in [0.5, 0.6) is 0 Å². The lowest BCUT2D eigenvalue weighted by Gasteiger charge is -2.11. The van der Waals surface area contributed by atoms with Crippen LogP contribution in [0.15, 0.2) is 29.0 Å². The van der Waals surface area contributed by atoms with E-state index >= 15 is 0 Å². The molecule has 2 heterocycles. The lowest BCUT2D eigenvalue weighted by Crippen LogP contribution is -1.98. The minimum atomic E-state index is 0.645. The standard InChI is InChI=1S/C14H17BrN2/c15-14-13(11-7-3-1-2-4-8-11)16-12-9-5-6-10-17(12)14/h5-6,9-11H,1-4,7-8H2. The molecule has 0 radical (unpaired) electrons. The first-order valence-corrected chi connectivity index (χ1v) is 7.28. The van der Waals surface area contributed by atoms with Gasteiger partial charge in [0.1, 0.15) is 10.3 Å². The Balaban J connectivity index is 2.01. The van der Waals surface area contributed by atoms with Crippen molar-refractivity contribution in [1.29, 1.82) is 0 Å². The van der Waals surface area contributed by atoms with Gasteiger partial charge in [-0.2, -0.15) is 0 Å². The van der Waals surface area contributed by atoms with Gasteiger partial charge in [0.25, 0.3) is 0 Å². The summed E-state index contributed by atoms with van der Waals surface area (Å²) in [6.45, 7) is 0. The van der Waals surface area contributed by atoms with Gasteiger partial charge in [-0.1, -0.05) is 31.7 Å². The summed E-state index contributed by atoms with van der Waals surface area (Å²) in [6, 6.07) is 6.17. The van der Waals surface area contributed by atoms with Crippen LogP contribution in [0.4, 0.5) is 0 Å². The van der Waals surface area contributed by atoms with Gasteiger partial charge in [0.15, 0.2) is 0 Å². The molecule has 1 aliphatic carbocycles. The van der Waals surface area contributed by atoms with E-state index in [9.17, 15) is 0 Å². The van der Waals surface area contributed by atoms with E-state index in [1.54, 1.807) is 0 Å². The maximum absolute atomic E-state index is 4.79. The topological polar surface area (TPSA) is 17.3 Å². The molecule has 2 aromatic heterocycles. The average molecular weight is 293 g/mol. The Bertz CT molecular complexity index is 510. The predicted octanol–water partition coefficient (Wildman–Crippen LogP) is 4.53. The summed E-state index contributed by atoms with van der Waals surface area (Å²) < 4.78 is 3.29. The van der Waals surface area contributed by atoms with Crippen LogP contribution < -0.4 is 0 Å². The number of aromatic nitrogens is 2. The highest BCUT2D eigenvalue weighted by molar-refractivity contribution is 9.10. The van der Waals surface area contributed by atoms with Gasteiger partial charge in [0.05, 0.1) is 5.69 Å². The van der Waals surface area contributed by atoms with Crippen LogP contribution in [-0.2, 0) is 0 Å². The number of hydrogen-bond donors (Lipinski definition) is 0. The second-order valence-corrected chi connectivity index (χ2v) is 5.66. The average Bonchev–Trinajstić information content (AvgIpc) is 2.57. The molecule has 1 fully saturated rings. The van der Waals surface area contributed by atoms with Crippen molar-refractivity contribution in [3.8, 4) is 0 Å². The summed E-state index contributed by atoms with van der Waals surface area (Å²) in [6.07, 6.45) is 10.1. The lowest BCUT2D eigenvalue weighted by atomic mass is 9.97. The van der Waals surface area contributed by atoms with Crippen LogP contribution in [-0.4, -0.2) is 9.38 Å². The van der Waals surface area contributed by atoms with Gasteiger partial charge in [0, 0.05) is 12.1 Å². The van der Waals surface area contributed by atoms with Crippen molar-refractivity contribution < 1.29 is 0 Å². The highest BCUT2D eigenvalue weighted by Gasteiger charge is 2.20. The SMILES string of the molecule is Brc1c(C2CCCCCC2)nc2ccccn12. The summed E-state index contributed by atoms with van der Waals surface area (Å²) in [4.78, 5) is 4.79. The molecule has 0 saturated heterocycles. The highest BCUT2D eigenvalue weighted by atomic mass is 79.9. The van der Waals surface area contributed by atoms with E-state index in [-0.39, 0.29) is 0 Å². The van der Waals surface area contributed by atoms with Gasteiger partial charge < -0.3 is 0 Å². The number of nitrogens with zero attached hydrogens (tertiary/aromatic N) is 2. The van der Waals surface area contributed by atoms with Gasteiger partial charge in [-0.3, -0.25) is 4.40 Å². The van der Waals surface area contributed by atoms with Crippen molar-refractivity contribution in [2.45, 2.75) is 44.4 Å². The van der Waals surface area contributed by atoms with Gasteiger partial charge >= 0.3 is 0 Å². The minimum Gasteiger partial charge on any atom is -0.294 e. The minimum absolute atomic E-state index is 0.645. The van der Waals surface area contributed by atoms with Crippen LogP contribution in [0.25, 0.3) is 5.65 Å². The molecule has 0 aliphatic heterocycles. The Kier molecular flexibility index (Phi) is 3.19. The molecule has 0 bridgehead atoms. The summed E-state index contributed by atoms with van der Waals surface area (Å²) in [5.41, 5.74) is 2.32. The molecule has 3 rings (SSSR count). The smallest absolute Gasteiger partial charge is 0.137 e. The van der Waals surface area contributed by atoms with Crippen molar-refractivity contribution in [3.05, 3.63) is 34.7 Å². The van der Waals surface area contributed by atoms with Crippen molar-refractivity contribution in [2.24, 2.45) is 0 Å². The molecule has 0 spiro atoms. The first-order chi connectivity index (χ1) is 8.36. The van der Waals surface area contributed by atoms with E-state index in [1.807, 2.05) is 6.07 Å². The molecule has 0 aromatic carbocycles.